The molecule has 0 aliphatic rings. The molecule has 0 N–H and O–H groups in total. The van der Waals surface area contributed by atoms with E-state index < -0.39 is 0 Å². The molecule has 0 saturated heterocycles. The third-order valence-corrected chi connectivity index (χ3v) is 4.71. The molecule has 3 nitrogen and oxygen atoms in total. The molecule has 0 aliphatic carbocycles. The van der Waals surface area contributed by atoms with Crippen LogP contribution in [0.5, 0.6) is 0 Å². The molecule has 3 rings (SSSR count). The zero-order valence-corrected chi connectivity index (χ0v) is 17.3. The third-order valence-electron chi connectivity index (χ3n) is 4.71. The van der Waals surface area contributed by atoms with Gasteiger partial charge in [0.1, 0.15) is 0 Å². The summed E-state index contributed by atoms with van der Waals surface area (Å²) in [7, 11) is 0. The summed E-state index contributed by atoms with van der Waals surface area (Å²) in [5.41, 5.74) is 5.09. The van der Waals surface area contributed by atoms with E-state index in [0.717, 1.165) is 28.2 Å². The molecule has 0 amide bonds. The number of ether oxygens (including phenoxy) is 1. The number of carbonyl (C=O) groups excluding carboxylic acids is 1. The lowest BCUT2D eigenvalue weighted by molar-refractivity contribution is 0.0526. The Balaban J connectivity index is 2.01. The monoisotopic (exact) mass is 385 g/mol. The molecule has 0 spiro atoms. The summed E-state index contributed by atoms with van der Waals surface area (Å²) >= 11 is 0. The maximum Gasteiger partial charge on any atom is 0.338 e. The van der Waals surface area contributed by atoms with Gasteiger partial charge in [0.15, 0.2) is 0 Å². The van der Waals surface area contributed by atoms with Crippen LogP contribution in [0.15, 0.2) is 72.4 Å². The van der Waals surface area contributed by atoms with Crippen LogP contribution in [0.1, 0.15) is 36.7 Å². The highest BCUT2D eigenvalue weighted by atomic mass is 16.5. The molecule has 1 heterocycles. The van der Waals surface area contributed by atoms with Gasteiger partial charge in [-0.3, -0.25) is 0 Å². The quantitative estimate of drug-likeness (QED) is 0.584. The van der Waals surface area contributed by atoms with Crippen molar-refractivity contribution in [3.63, 3.8) is 0 Å². The van der Waals surface area contributed by atoms with Crippen molar-refractivity contribution in [2.45, 2.75) is 27.3 Å². The first-order valence-corrected chi connectivity index (χ1v) is 9.84. The van der Waals surface area contributed by atoms with E-state index >= 15 is 0 Å². The molecule has 0 aliphatic heterocycles. The summed E-state index contributed by atoms with van der Waals surface area (Å²) in [6.07, 6.45) is 6.29. The first-order valence-electron chi connectivity index (χ1n) is 9.84. The van der Waals surface area contributed by atoms with Crippen LogP contribution >= 0.6 is 0 Å². The van der Waals surface area contributed by atoms with Crippen LogP contribution in [0.4, 0.5) is 0 Å². The largest absolute Gasteiger partial charge is 0.462 e. The summed E-state index contributed by atoms with van der Waals surface area (Å²) in [6.45, 7) is 11.2. The molecule has 0 unspecified atom stereocenters. The van der Waals surface area contributed by atoms with Gasteiger partial charge < -0.3 is 9.30 Å². The first kappa shape index (κ1) is 20.4. The zero-order valence-electron chi connectivity index (χ0n) is 17.3. The number of allylic oxidation sites excluding steroid dienone is 2. The van der Waals surface area contributed by atoms with Gasteiger partial charge in [-0.25, -0.2) is 4.79 Å². The second kappa shape index (κ2) is 9.24. The van der Waals surface area contributed by atoms with Crippen molar-refractivity contribution < 1.29 is 9.53 Å². The second-order valence-electron chi connectivity index (χ2n) is 7.22. The van der Waals surface area contributed by atoms with Gasteiger partial charge in [0, 0.05) is 18.1 Å². The van der Waals surface area contributed by atoms with Gasteiger partial charge in [-0.2, -0.15) is 0 Å². The Bertz CT molecular complexity index is 1150. The van der Waals surface area contributed by atoms with Gasteiger partial charge in [0.25, 0.3) is 0 Å². The molecule has 148 valence electrons. The Morgan fingerprint density at radius 1 is 1.10 bits per heavy atom. The van der Waals surface area contributed by atoms with Crippen molar-refractivity contribution in [3.05, 3.63) is 94.1 Å². The maximum atomic E-state index is 12.1. The molecule has 29 heavy (non-hydrogen) atoms. The standard InChI is InChI=1S/C26H27NO2/c1-5-29-26(28)22-11-8-10-21(17-22)24-12-7-6-9-23(24)18-27-16-15-20(4)25(27)14-13-19(2)3/h6-17H,4-5,18H2,1-3H3/b25-14+. The van der Waals surface area contributed by atoms with E-state index in [1.54, 1.807) is 6.07 Å². The van der Waals surface area contributed by atoms with Gasteiger partial charge >= 0.3 is 5.97 Å². The zero-order chi connectivity index (χ0) is 20.8. The van der Waals surface area contributed by atoms with Gasteiger partial charge in [-0.05, 0) is 67.0 Å². The second-order valence-corrected chi connectivity index (χ2v) is 7.22. The highest BCUT2D eigenvalue weighted by Crippen LogP contribution is 2.25. The lowest BCUT2D eigenvalue weighted by atomic mass is 9.98. The smallest absolute Gasteiger partial charge is 0.338 e. The van der Waals surface area contributed by atoms with E-state index in [9.17, 15) is 4.79 Å². The predicted octanol–water partition coefficient (Wildman–Crippen LogP) is 4.54. The highest BCUT2D eigenvalue weighted by molar-refractivity contribution is 5.91. The van der Waals surface area contributed by atoms with Gasteiger partial charge in [-0.1, -0.05) is 54.6 Å². The number of rotatable bonds is 6. The molecule has 3 heteroatoms. The summed E-state index contributed by atoms with van der Waals surface area (Å²) in [4.78, 5) is 12.1. The summed E-state index contributed by atoms with van der Waals surface area (Å²) in [5, 5.41) is 2.10. The van der Waals surface area contributed by atoms with E-state index in [0.29, 0.717) is 12.2 Å². The van der Waals surface area contributed by atoms with Gasteiger partial charge in [0.2, 0.25) is 0 Å². The lowest BCUT2D eigenvalue weighted by Gasteiger charge is -2.12. The minimum Gasteiger partial charge on any atom is -0.462 e. The number of esters is 1. The molecule has 1 aromatic heterocycles. The number of nitrogens with zero attached hydrogens (tertiary/aromatic N) is 1. The Morgan fingerprint density at radius 3 is 2.66 bits per heavy atom. The van der Waals surface area contributed by atoms with Crippen LogP contribution in [-0.2, 0) is 11.3 Å². The van der Waals surface area contributed by atoms with Crippen LogP contribution in [0, 0.1) is 0 Å². The molecule has 0 saturated carbocycles. The van der Waals surface area contributed by atoms with Crippen molar-refractivity contribution in [1.29, 1.82) is 0 Å². The summed E-state index contributed by atoms with van der Waals surface area (Å²) in [6, 6.07) is 17.9. The molecule has 0 radical (unpaired) electrons. The number of benzene rings is 2. The fourth-order valence-corrected chi connectivity index (χ4v) is 3.27. The molecular formula is C26H27NO2. The number of hydrogen-bond acceptors (Lipinski definition) is 2. The molecule has 0 bridgehead atoms. The summed E-state index contributed by atoms with van der Waals surface area (Å²) < 4.78 is 7.35. The average molecular weight is 386 g/mol. The minimum atomic E-state index is -0.294. The van der Waals surface area contributed by atoms with Crippen molar-refractivity contribution in [2.75, 3.05) is 6.61 Å². The van der Waals surface area contributed by atoms with E-state index in [4.69, 9.17) is 4.74 Å². The fraction of sp³-hybridized carbons (Fsp3) is 0.192. The van der Waals surface area contributed by atoms with Crippen LogP contribution in [0.3, 0.4) is 0 Å². The molecule has 0 fully saturated rings. The lowest BCUT2D eigenvalue weighted by Crippen LogP contribution is -2.28. The van der Waals surface area contributed by atoms with Crippen molar-refractivity contribution in [2.24, 2.45) is 0 Å². The van der Waals surface area contributed by atoms with Crippen molar-refractivity contribution >= 4 is 18.6 Å². The van der Waals surface area contributed by atoms with Gasteiger partial charge in [0.05, 0.1) is 12.2 Å². The van der Waals surface area contributed by atoms with Crippen molar-refractivity contribution in [1.82, 2.24) is 4.57 Å². The molecule has 0 atom stereocenters. The summed E-state index contributed by atoms with van der Waals surface area (Å²) in [5.74, 6) is -0.294. The molecule has 3 aromatic rings. The number of hydrogen-bond donors (Lipinski definition) is 0. The molecular weight excluding hydrogens is 358 g/mol. The Morgan fingerprint density at radius 2 is 1.90 bits per heavy atom. The Kier molecular flexibility index (Phi) is 6.50. The topological polar surface area (TPSA) is 31.2 Å². The van der Waals surface area contributed by atoms with Crippen LogP contribution in [0.25, 0.3) is 23.8 Å². The van der Waals surface area contributed by atoms with E-state index in [2.05, 4.69) is 55.5 Å². The van der Waals surface area contributed by atoms with Crippen LogP contribution in [-0.4, -0.2) is 17.1 Å². The van der Waals surface area contributed by atoms with E-state index in [1.807, 2.05) is 43.3 Å². The Hall–Kier alpha value is -3.33. The predicted molar refractivity (Wildman–Crippen MR) is 120 cm³/mol. The number of carbonyl (C=O) groups is 1. The normalized spacial score (nSPS) is 11.3. The fourth-order valence-electron chi connectivity index (χ4n) is 3.27. The van der Waals surface area contributed by atoms with Gasteiger partial charge in [-0.15, -0.1) is 0 Å². The average Bonchev–Trinajstić information content (AvgIpc) is 3.06. The SMILES string of the molecule is C=c1ccn(Cc2ccccc2-c2cccc(C(=O)OCC)c2)/c1=C/C=C(C)C. The van der Waals surface area contributed by atoms with E-state index in [1.165, 1.54) is 11.1 Å². The van der Waals surface area contributed by atoms with Crippen LogP contribution < -0.4 is 10.6 Å². The minimum absolute atomic E-state index is 0.294. The van der Waals surface area contributed by atoms with Crippen LogP contribution in [0.2, 0.25) is 0 Å². The highest BCUT2D eigenvalue weighted by Gasteiger charge is 2.10. The molecule has 2 aromatic carbocycles. The Labute approximate surface area is 172 Å². The van der Waals surface area contributed by atoms with Crippen molar-refractivity contribution in [3.8, 4) is 11.1 Å². The number of aromatic nitrogens is 1. The first-order chi connectivity index (χ1) is 14.0. The maximum absolute atomic E-state index is 12.1. The third kappa shape index (κ3) is 4.94. The van der Waals surface area contributed by atoms with E-state index in [-0.39, 0.29) is 5.97 Å².